The van der Waals surface area contributed by atoms with Gasteiger partial charge >= 0.3 is 0 Å². The lowest BCUT2D eigenvalue weighted by molar-refractivity contribution is -0.141. The van der Waals surface area contributed by atoms with Gasteiger partial charge in [0, 0.05) is 38.9 Å². The molecule has 0 unspecified atom stereocenters. The van der Waals surface area contributed by atoms with Crippen LogP contribution in [0.2, 0.25) is 0 Å². The molecule has 0 bridgehead atoms. The van der Waals surface area contributed by atoms with Gasteiger partial charge in [0.05, 0.1) is 13.7 Å². The third-order valence-electron chi connectivity index (χ3n) is 5.15. The normalized spacial score (nSPS) is 19.2. The van der Waals surface area contributed by atoms with E-state index in [4.69, 9.17) is 9.47 Å². The van der Waals surface area contributed by atoms with E-state index >= 15 is 0 Å². The lowest BCUT2D eigenvalue weighted by Crippen LogP contribution is -2.47. The van der Waals surface area contributed by atoms with Crippen molar-refractivity contribution in [2.24, 2.45) is 0 Å². The minimum Gasteiger partial charge on any atom is -0.497 e. The number of likely N-dealkylation sites (tertiary alicyclic amines) is 2. The molecule has 6 heteroatoms. The summed E-state index contributed by atoms with van der Waals surface area (Å²) in [5.74, 6) is 1.81. The number of amides is 2. The average molecular weight is 360 g/mol. The first-order valence-electron chi connectivity index (χ1n) is 9.52. The Balaban J connectivity index is 1.45. The van der Waals surface area contributed by atoms with Gasteiger partial charge in [-0.1, -0.05) is 6.42 Å². The van der Waals surface area contributed by atoms with Gasteiger partial charge in [0.2, 0.25) is 11.8 Å². The van der Waals surface area contributed by atoms with Crippen molar-refractivity contribution in [1.29, 1.82) is 0 Å². The monoisotopic (exact) mass is 360 g/mol. The fourth-order valence-electron chi connectivity index (χ4n) is 3.54. The third kappa shape index (κ3) is 4.90. The first kappa shape index (κ1) is 18.5. The molecule has 142 valence electrons. The minimum absolute atomic E-state index is 0.0585. The molecule has 2 amide bonds. The Morgan fingerprint density at radius 1 is 1.04 bits per heavy atom. The molecular formula is C20H28N2O4. The SMILES string of the molecule is COc1ccc(OC2CCN(C(=O)CN3CCCCCC3=O)CC2)cc1. The Morgan fingerprint density at radius 2 is 1.73 bits per heavy atom. The molecule has 2 aliphatic rings. The van der Waals surface area contributed by atoms with Crippen molar-refractivity contribution in [3.8, 4) is 11.5 Å². The maximum absolute atomic E-state index is 12.5. The number of hydrogen-bond acceptors (Lipinski definition) is 4. The Hall–Kier alpha value is -2.24. The van der Waals surface area contributed by atoms with Crippen LogP contribution in [0.5, 0.6) is 11.5 Å². The number of methoxy groups -OCH3 is 1. The van der Waals surface area contributed by atoms with Gasteiger partial charge in [0.1, 0.15) is 17.6 Å². The smallest absolute Gasteiger partial charge is 0.242 e. The molecule has 2 heterocycles. The molecule has 2 aliphatic heterocycles. The van der Waals surface area contributed by atoms with Crippen LogP contribution in [-0.2, 0) is 9.59 Å². The van der Waals surface area contributed by atoms with E-state index < -0.39 is 0 Å². The summed E-state index contributed by atoms with van der Waals surface area (Å²) in [5.41, 5.74) is 0. The second-order valence-electron chi connectivity index (χ2n) is 7.00. The van der Waals surface area contributed by atoms with Crippen LogP contribution in [0.25, 0.3) is 0 Å². The van der Waals surface area contributed by atoms with Crippen LogP contribution in [0.15, 0.2) is 24.3 Å². The number of hydrogen-bond donors (Lipinski definition) is 0. The van der Waals surface area contributed by atoms with E-state index in [1.165, 1.54) is 0 Å². The number of ether oxygens (including phenoxy) is 2. The molecule has 0 N–H and O–H groups in total. The van der Waals surface area contributed by atoms with Crippen LogP contribution < -0.4 is 9.47 Å². The second-order valence-corrected chi connectivity index (χ2v) is 7.00. The third-order valence-corrected chi connectivity index (χ3v) is 5.15. The molecule has 2 saturated heterocycles. The molecule has 26 heavy (non-hydrogen) atoms. The van der Waals surface area contributed by atoms with Crippen molar-refractivity contribution < 1.29 is 19.1 Å². The van der Waals surface area contributed by atoms with Gasteiger partial charge < -0.3 is 19.3 Å². The fourth-order valence-corrected chi connectivity index (χ4v) is 3.54. The highest BCUT2D eigenvalue weighted by molar-refractivity contribution is 5.85. The predicted molar refractivity (Wildman–Crippen MR) is 98.3 cm³/mol. The molecule has 0 spiro atoms. The zero-order valence-electron chi connectivity index (χ0n) is 15.5. The summed E-state index contributed by atoms with van der Waals surface area (Å²) < 4.78 is 11.2. The number of carbonyl (C=O) groups excluding carboxylic acids is 2. The van der Waals surface area contributed by atoms with Crippen molar-refractivity contribution in [2.45, 2.75) is 44.6 Å². The zero-order chi connectivity index (χ0) is 18.4. The van der Waals surface area contributed by atoms with Crippen LogP contribution in [0, 0.1) is 0 Å². The molecule has 0 aliphatic carbocycles. The molecule has 1 aromatic carbocycles. The quantitative estimate of drug-likeness (QED) is 0.809. The number of carbonyl (C=O) groups is 2. The highest BCUT2D eigenvalue weighted by atomic mass is 16.5. The summed E-state index contributed by atoms with van der Waals surface area (Å²) >= 11 is 0. The van der Waals surface area contributed by atoms with E-state index in [-0.39, 0.29) is 24.5 Å². The topological polar surface area (TPSA) is 59.1 Å². The van der Waals surface area contributed by atoms with Gasteiger partial charge in [-0.3, -0.25) is 9.59 Å². The van der Waals surface area contributed by atoms with Gasteiger partial charge in [-0.2, -0.15) is 0 Å². The van der Waals surface area contributed by atoms with Gasteiger partial charge in [0.25, 0.3) is 0 Å². The highest BCUT2D eigenvalue weighted by Gasteiger charge is 2.26. The van der Waals surface area contributed by atoms with E-state index in [0.717, 1.165) is 43.6 Å². The summed E-state index contributed by atoms with van der Waals surface area (Å²) in [5, 5.41) is 0. The van der Waals surface area contributed by atoms with Crippen molar-refractivity contribution in [3.63, 3.8) is 0 Å². The standard InChI is InChI=1S/C20H28N2O4/c1-25-16-6-8-17(9-7-16)26-18-10-13-21(14-11-18)20(24)15-22-12-4-2-3-5-19(22)23/h6-9,18H,2-5,10-15H2,1H3. The van der Waals surface area contributed by atoms with Crippen molar-refractivity contribution >= 4 is 11.8 Å². The molecule has 0 saturated carbocycles. The summed E-state index contributed by atoms with van der Waals surface area (Å²) in [7, 11) is 1.64. The van der Waals surface area contributed by atoms with Gasteiger partial charge in [-0.15, -0.1) is 0 Å². The molecule has 0 aromatic heterocycles. The molecule has 0 atom stereocenters. The lowest BCUT2D eigenvalue weighted by Gasteiger charge is -2.33. The molecule has 6 nitrogen and oxygen atoms in total. The predicted octanol–water partition coefficient (Wildman–Crippen LogP) is 2.47. The summed E-state index contributed by atoms with van der Waals surface area (Å²) in [6.07, 6.45) is 5.33. The van der Waals surface area contributed by atoms with Crippen molar-refractivity contribution in [3.05, 3.63) is 24.3 Å². The second kappa shape index (κ2) is 8.92. The maximum atomic E-state index is 12.5. The van der Waals surface area contributed by atoms with Crippen molar-refractivity contribution in [2.75, 3.05) is 33.3 Å². The molecule has 2 fully saturated rings. The van der Waals surface area contributed by atoms with Gasteiger partial charge in [-0.05, 0) is 37.1 Å². The molecule has 0 radical (unpaired) electrons. The van der Waals surface area contributed by atoms with Crippen molar-refractivity contribution in [1.82, 2.24) is 9.80 Å². The van der Waals surface area contributed by atoms with E-state index in [9.17, 15) is 9.59 Å². The van der Waals surface area contributed by atoms with Crippen LogP contribution in [0.4, 0.5) is 0 Å². The van der Waals surface area contributed by atoms with Crippen LogP contribution in [0.3, 0.4) is 0 Å². The van der Waals surface area contributed by atoms with Crippen LogP contribution in [-0.4, -0.2) is 61.0 Å². The number of piperidine rings is 1. The minimum atomic E-state index is 0.0585. The van der Waals surface area contributed by atoms with E-state index in [2.05, 4.69) is 0 Å². The number of nitrogens with zero attached hydrogens (tertiary/aromatic N) is 2. The Kier molecular flexibility index (Phi) is 6.36. The zero-order valence-corrected chi connectivity index (χ0v) is 15.5. The number of rotatable bonds is 5. The summed E-state index contributed by atoms with van der Waals surface area (Å²) in [6, 6.07) is 7.57. The Bertz CT molecular complexity index is 609. The lowest BCUT2D eigenvalue weighted by atomic mass is 10.1. The highest BCUT2D eigenvalue weighted by Crippen LogP contribution is 2.22. The first-order valence-corrected chi connectivity index (χ1v) is 9.52. The van der Waals surface area contributed by atoms with Gasteiger partial charge in [-0.25, -0.2) is 0 Å². The maximum Gasteiger partial charge on any atom is 0.242 e. The first-order chi connectivity index (χ1) is 12.7. The summed E-state index contributed by atoms with van der Waals surface area (Å²) in [4.78, 5) is 28.2. The molecule has 3 rings (SSSR count). The fraction of sp³-hybridized carbons (Fsp3) is 0.600. The Morgan fingerprint density at radius 3 is 2.42 bits per heavy atom. The van der Waals surface area contributed by atoms with Crippen LogP contribution >= 0.6 is 0 Å². The average Bonchev–Trinajstić information content (AvgIpc) is 2.87. The van der Waals surface area contributed by atoms with E-state index in [1.807, 2.05) is 29.2 Å². The van der Waals surface area contributed by atoms with E-state index in [0.29, 0.717) is 26.1 Å². The Labute approximate surface area is 155 Å². The molecular weight excluding hydrogens is 332 g/mol. The number of benzene rings is 1. The largest absolute Gasteiger partial charge is 0.497 e. The summed E-state index contributed by atoms with van der Waals surface area (Å²) in [6.45, 7) is 2.30. The van der Waals surface area contributed by atoms with Crippen LogP contribution in [0.1, 0.15) is 38.5 Å². The molecule has 1 aromatic rings. The van der Waals surface area contributed by atoms with Gasteiger partial charge in [0.15, 0.2) is 0 Å². The van der Waals surface area contributed by atoms with E-state index in [1.54, 1.807) is 12.0 Å².